The Bertz CT molecular complexity index is 614. The number of aliphatic hydroxyl groups excluding tert-OH is 1. The minimum atomic E-state index is -0.446. The minimum absolute atomic E-state index is 0.0976. The van der Waals surface area contributed by atoms with E-state index in [4.69, 9.17) is 0 Å². The fraction of sp³-hybridized carbons (Fsp3) is 0.267. The fourth-order valence-corrected chi connectivity index (χ4v) is 2.57. The van der Waals surface area contributed by atoms with Gasteiger partial charge < -0.3 is 5.11 Å². The molecule has 84 valence electrons. The van der Waals surface area contributed by atoms with E-state index < -0.39 is 5.41 Å². The van der Waals surface area contributed by atoms with E-state index in [1.54, 1.807) is 0 Å². The summed E-state index contributed by atoms with van der Waals surface area (Å²) in [6, 6.07) is 16.7. The maximum absolute atomic E-state index is 9.32. The smallest absolute Gasteiger partial charge is 0.0877 e. The average molecular weight is 223 g/mol. The van der Waals surface area contributed by atoms with E-state index in [1.807, 2.05) is 18.2 Å². The molecule has 1 aliphatic rings. The first-order valence-corrected chi connectivity index (χ1v) is 5.81. The third-order valence-corrected chi connectivity index (χ3v) is 3.79. The summed E-state index contributed by atoms with van der Waals surface area (Å²) >= 11 is 0. The Morgan fingerprint density at radius 2 is 2.00 bits per heavy atom. The van der Waals surface area contributed by atoms with Crippen molar-refractivity contribution in [1.82, 2.24) is 0 Å². The molecule has 3 rings (SSSR count). The topological polar surface area (TPSA) is 44.0 Å². The van der Waals surface area contributed by atoms with E-state index in [9.17, 15) is 10.4 Å². The number of nitrogens with zero attached hydrogens (tertiary/aromatic N) is 1. The second-order valence-corrected chi connectivity index (χ2v) is 4.73. The van der Waals surface area contributed by atoms with E-state index >= 15 is 0 Å². The summed E-state index contributed by atoms with van der Waals surface area (Å²) in [6.45, 7) is 0.0976. The molecule has 1 aliphatic carbocycles. The molecule has 0 heterocycles. The summed E-state index contributed by atoms with van der Waals surface area (Å²) in [7, 11) is 0. The van der Waals surface area contributed by atoms with Crippen molar-refractivity contribution in [2.24, 2.45) is 5.92 Å². The predicted molar refractivity (Wildman–Crippen MR) is 66.4 cm³/mol. The van der Waals surface area contributed by atoms with Gasteiger partial charge in [0.05, 0.1) is 11.5 Å². The number of rotatable bonds is 2. The van der Waals surface area contributed by atoms with Crippen LogP contribution in [0.2, 0.25) is 0 Å². The van der Waals surface area contributed by atoms with Crippen LogP contribution in [0.25, 0.3) is 10.8 Å². The van der Waals surface area contributed by atoms with Gasteiger partial charge in [-0.3, -0.25) is 0 Å². The summed E-state index contributed by atoms with van der Waals surface area (Å²) in [6.07, 6.45) is 0.776. The van der Waals surface area contributed by atoms with Crippen LogP contribution < -0.4 is 0 Å². The monoisotopic (exact) mass is 223 g/mol. The summed E-state index contributed by atoms with van der Waals surface area (Å²) in [5.74, 6) is 0.105. The molecule has 1 fully saturated rings. The Morgan fingerprint density at radius 1 is 1.24 bits per heavy atom. The maximum Gasteiger partial charge on any atom is 0.0877 e. The fourth-order valence-electron chi connectivity index (χ4n) is 2.57. The molecule has 0 bridgehead atoms. The van der Waals surface area contributed by atoms with Crippen LogP contribution >= 0.6 is 0 Å². The second kappa shape index (κ2) is 3.58. The largest absolute Gasteiger partial charge is 0.396 e. The summed E-state index contributed by atoms with van der Waals surface area (Å²) in [4.78, 5) is 0. The van der Waals surface area contributed by atoms with Crippen LogP contribution in [-0.2, 0) is 5.41 Å². The highest BCUT2D eigenvalue weighted by molar-refractivity contribution is 5.83. The zero-order valence-corrected chi connectivity index (χ0v) is 9.43. The molecule has 0 aromatic heterocycles. The van der Waals surface area contributed by atoms with E-state index in [0.717, 1.165) is 17.4 Å². The Morgan fingerprint density at radius 3 is 2.65 bits per heavy atom. The van der Waals surface area contributed by atoms with Crippen molar-refractivity contribution in [3.8, 4) is 6.07 Å². The molecular formula is C15H13NO. The van der Waals surface area contributed by atoms with E-state index in [1.165, 1.54) is 5.39 Å². The standard InChI is InChI=1S/C15H13NO/c16-10-15(8-14(15)9-17)13-6-5-11-3-1-2-4-12(11)7-13/h1-7,14,17H,8-9H2/t14-,15+/m0/s1. The summed E-state index contributed by atoms with van der Waals surface area (Å²) in [5.41, 5.74) is 0.594. The first-order chi connectivity index (χ1) is 8.30. The van der Waals surface area contributed by atoms with Crippen molar-refractivity contribution in [3.05, 3.63) is 48.0 Å². The number of hydrogen-bond donors (Lipinski definition) is 1. The molecule has 2 heteroatoms. The molecule has 2 atom stereocenters. The molecule has 1 saturated carbocycles. The van der Waals surface area contributed by atoms with Gasteiger partial charge in [0, 0.05) is 12.5 Å². The lowest BCUT2D eigenvalue weighted by molar-refractivity contribution is 0.269. The van der Waals surface area contributed by atoms with Gasteiger partial charge in [-0.25, -0.2) is 0 Å². The van der Waals surface area contributed by atoms with Crippen LogP contribution in [-0.4, -0.2) is 11.7 Å². The van der Waals surface area contributed by atoms with Crippen LogP contribution in [0.5, 0.6) is 0 Å². The van der Waals surface area contributed by atoms with Gasteiger partial charge in [0.15, 0.2) is 0 Å². The molecule has 0 unspecified atom stereocenters. The molecule has 2 aromatic carbocycles. The number of benzene rings is 2. The van der Waals surface area contributed by atoms with Crippen LogP contribution in [0.4, 0.5) is 0 Å². The normalized spacial score (nSPS) is 26.7. The lowest BCUT2D eigenvalue weighted by Gasteiger charge is -2.09. The van der Waals surface area contributed by atoms with Crippen molar-refractivity contribution in [2.75, 3.05) is 6.61 Å². The van der Waals surface area contributed by atoms with Crippen LogP contribution in [0.3, 0.4) is 0 Å². The molecule has 1 N–H and O–H groups in total. The molecule has 2 aromatic rings. The van der Waals surface area contributed by atoms with Crippen LogP contribution in [0.15, 0.2) is 42.5 Å². The lowest BCUT2D eigenvalue weighted by atomic mass is 9.93. The van der Waals surface area contributed by atoms with Gasteiger partial charge in [-0.15, -0.1) is 0 Å². The van der Waals surface area contributed by atoms with Crippen molar-refractivity contribution in [1.29, 1.82) is 5.26 Å². The van der Waals surface area contributed by atoms with Gasteiger partial charge in [-0.1, -0.05) is 36.4 Å². The van der Waals surface area contributed by atoms with Gasteiger partial charge in [0.1, 0.15) is 0 Å². The van der Waals surface area contributed by atoms with Gasteiger partial charge in [0.25, 0.3) is 0 Å². The third-order valence-electron chi connectivity index (χ3n) is 3.79. The van der Waals surface area contributed by atoms with Crippen LogP contribution in [0, 0.1) is 17.2 Å². The molecule has 17 heavy (non-hydrogen) atoms. The van der Waals surface area contributed by atoms with Gasteiger partial charge in [-0.2, -0.15) is 5.26 Å². The highest BCUT2D eigenvalue weighted by atomic mass is 16.3. The summed E-state index contributed by atoms with van der Waals surface area (Å²) < 4.78 is 0. The van der Waals surface area contributed by atoms with Gasteiger partial charge in [-0.05, 0) is 28.8 Å². The minimum Gasteiger partial charge on any atom is -0.396 e. The molecule has 0 radical (unpaired) electrons. The SMILES string of the molecule is N#C[C@@]1(c2ccc3ccccc3c2)C[C@H]1CO. The Hall–Kier alpha value is -1.85. The predicted octanol–water partition coefficient (Wildman–Crippen LogP) is 2.61. The highest BCUT2D eigenvalue weighted by Crippen LogP contribution is 2.53. The van der Waals surface area contributed by atoms with E-state index in [2.05, 4.69) is 30.3 Å². The molecule has 0 amide bonds. The third kappa shape index (κ3) is 1.44. The molecule has 2 nitrogen and oxygen atoms in total. The molecule has 0 saturated heterocycles. The molecule has 0 spiro atoms. The number of hydrogen-bond acceptors (Lipinski definition) is 2. The average Bonchev–Trinajstić information content (AvgIpc) is 3.13. The molecular weight excluding hydrogens is 210 g/mol. The Kier molecular flexibility index (Phi) is 2.17. The van der Waals surface area contributed by atoms with Crippen molar-refractivity contribution in [2.45, 2.75) is 11.8 Å². The first-order valence-electron chi connectivity index (χ1n) is 5.81. The van der Waals surface area contributed by atoms with Crippen LogP contribution in [0.1, 0.15) is 12.0 Å². The zero-order valence-electron chi connectivity index (χ0n) is 9.43. The maximum atomic E-state index is 9.32. The van der Waals surface area contributed by atoms with Crippen molar-refractivity contribution < 1.29 is 5.11 Å². The van der Waals surface area contributed by atoms with E-state index in [-0.39, 0.29) is 12.5 Å². The number of fused-ring (bicyclic) bond motifs is 1. The first kappa shape index (κ1) is 10.3. The Balaban J connectivity index is 2.11. The lowest BCUT2D eigenvalue weighted by Crippen LogP contribution is -2.08. The van der Waals surface area contributed by atoms with E-state index in [0.29, 0.717) is 0 Å². The zero-order chi connectivity index (χ0) is 11.9. The number of nitriles is 1. The van der Waals surface area contributed by atoms with Gasteiger partial charge >= 0.3 is 0 Å². The quantitative estimate of drug-likeness (QED) is 0.850. The highest BCUT2D eigenvalue weighted by Gasteiger charge is 2.55. The molecule has 0 aliphatic heterocycles. The van der Waals surface area contributed by atoms with Crippen molar-refractivity contribution >= 4 is 10.8 Å². The second-order valence-electron chi connectivity index (χ2n) is 4.73. The summed E-state index contributed by atoms with van der Waals surface area (Å²) in [5, 5.41) is 20.9. The van der Waals surface area contributed by atoms with Crippen molar-refractivity contribution in [3.63, 3.8) is 0 Å². The number of aliphatic hydroxyl groups is 1. The van der Waals surface area contributed by atoms with Gasteiger partial charge in [0.2, 0.25) is 0 Å². The Labute approximate surface area is 100 Å².